The molecule has 1 N–H and O–H groups in total. The minimum absolute atomic E-state index is 0.0742. The summed E-state index contributed by atoms with van der Waals surface area (Å²) in [6, 6.07) is 7.25. The smallest absolute Gasteiger partial charge is 0.238 e. The normalized spacial score (nSPS) is 27.6. The third-order valence-corrected chi connectivity index (χ3v) is 4.40. The van der Waals surface area contributed by atoms with E-state index in [4.69, 9.17) is 5.11 Å². The molecule has 1 aromatic rings. The lowest BCUT2D eigenvalue weighted by Crippen LogP contribution is -2.36. The molecule has 2 aliphatic rings. The van der Waals surface area contributed by atoms with Crippen LogP contribution < -0.4 is 4.90 Å². The summed E-state index contributed by atoms with van der Waals surface area (Å²) in [6.07, 6.45) is 0.584. The third kappa shape index (κ3) is 1.63. The second kappa shape index (κ2) is 3.90. The molecule has 1 aliphatic carbocycles. The largest absolute Gasteiger partial charge is 0.396 e. The van der Waals surface area contributed by atoms with Crippen molar-refractivity contribution >= 4 is 17.5 Å². The van der Waals surface area contributed by atoms with Crippen molar-refractivity contribution in [2.45, 2.75) is 20.3 Å². The zero-order valence-corrected chi connectivity index (χ0v) is 11.1. The van der Waals surface area contributed by atoms with Crippen LogP contribution in [0.2, 0.25) is 0 Å². The van der Waals surface area contributed by atoms with Crippen molar-refractivity contribution in [3.05, 3.63) is 29.8 Å². The van der Waals surface area contributed by atoms with Crippen LogP contribution in [-0.4, -0.2) is 23.5 Å². The second-order valence-electron chi connectivity index (χ2n) is 5.93. The maximum absolute atomic E-state index is 12.2. The number of anilines is 1. The van der Waals surface area contributed by atoms with Gasteiger partial charge in [-0.2, -0.15) is 0 Å². The number of aliphatic hydroxyl groups excluding tert-OH is 1. The molecule has 2 amide bonds. The molecule has 2 unspecified atom stereocenters. The molecule has 1 saturated heterocycles. The molecule has 0 aromatic heterocycles. The number of carbonyl (C=O) groups excluding carboxylic acids is 2. The number of piperidine rings is 1. The molecule has 2 fully saturated rings. The number of amides is 2. The number of benzene rings is 1. The van der Waals surface area contributed by atoms with Gasteiger partial charge in [-0.15, -0.1) is 0 Å². The Kier molecular flexibility index (Phi) is 2.54. The van der Waals surface area contributed by atoms with Gasteiger partial charge in [-0.05, 0) is 29.5 Å². The van der Waals surface area contributed by atoms with E-state index in [9.17, 15) is 9.59 Å². The van der Waals surface area contributed by atoms with Gasteiger partial charge in [0.15, 0.2) is 0 Å². The van der Waals surface area contributed by atoms with E-state index in [0.717, 1.165) is 5.56 Å². The molecule has 0 spiro atoms. The first-order valence-corrected chi connectivity index (χ1v) is 6.56. The molecule has 0 bridgehead atoms. The van der Waals surface area contributed by atoms with Gasteiger partial charge in [-0.1, -0.05) is 26.0 Å². The Bertz CT molecular complexity index is 523. The second-order valence-corrected chi connectivity index (χ2v) is 5.93. The molecule has 1 aliphatic heterocycles. The Hall–Kier alpha value is -1.68. The number of fused-ring (bicyclic) bond motifs is 1. The lowest BCUT2D eigenvalue weighted by atomic mass is 10.0. The summed E-state index contributed by atoms with van der Waals surface area (Å²) in [5.41, 5.74) is 1.47. The van der Waals surface area contributed by atoms with Gasteiger partial charge in [-0.25, -0.2) is 0 Å². The standard InChI is InChI=1S/C15H17NO3/c1-15(2)11-12(15)14(19)16(13(11)18)10-5-3-9(4-6-10)7-8-17/h3-6,11-12,17H,7-8H2,1-2H3. The first kappa shape index (κ1) is 12.4. The summed E-state index contributed by atoms with van der Waals surface area (Å²) in [6.45, 7) is 4.04. The predicted molar refractivity (Wildman–Crippen MR) is 70.5 cm³/mol. The van der Waals surface area contributed by atoms with E-state index >= 15 is 0 Å². The fourth-order valence-electron chi connectivity index (χ4n) is 3.14. The summed E-state index contributed by atoms with van der Waals surface area (Å²) >= 11 is 0. The molecule has 4 heteroatoms. The Labute approximate surface area is 112 Å². The average Bonchev–Trinajstić information content (AvgIpc) is 2.82. The van der Waals surface area contributed by atoms with E-state index in [2.05, 4.69) is 0 Å². The van der Waals surface area contributed by atoms with Crippen molar-refractivity contribution in [2.24, 2.45) is 17.3 Å². The van der Waals surface area contributed by atoms with Gasteiger partial charge in [0.2, 0.25) is 11.8 Å². The van der Waals surface area contributed by atoms with Crippen LogP contribution in [0, 0.1) is 17.3 Å². The molecule has 2 atom stereocenters. The molecule has 3 rings (SSSR count). The maximum atomic E-state index is 12.2. The van der Waals surface area contributed by atoms with E-state index in [1.165, 1.54) is 4.90 Å². The van der Waals surface area contributed by atoms with Gasteiger partial charge in [0.25, 0.3) is 0 Å². The molecular weight excluding hydrogens is 242 g/mol. The number of aliphatic hydroxyl groups is 1. The molecule has 1 saturated carbocycles. The maximum Gasteiger partial charge on any atom is 0.238 e. The average molecular weight is 259 g/mol. The SMILES string of the molecule is CC1(C)C2C(=O)N(c3ccc(CCO)cc3)C(=O)C21. The van der Waals surface area contributed by atoms with Crippen molar-refractivity contribution in [2.75, 3.05) is 11.5 Å². The Morgan fingerprint density at radius 1 is 1.11 bits per heavy atom. The summed E-state index contributed by atoms with van der Waals surface area (Å²) in [7, 11) is 0. The Morgan fingerprint density at radius 2 is 1.63 bits per heavy atom. The highest BCUT2D eigenvalue weighted by Gasteiger charge is 2.72. The van der Waals surface area contributed by atoms with Gasteiger partial charge in [0, 0.05) is 6.61 Å². The fraction of sp³-hybridized carbons (Fsp3) is 0.467. The predicted octanol–water partition coefficient (Wildman–Crippen LogP) is 1.37. The lowest BCUT2D eigenvalue weighted by Gasteiger charge is -2.20. The number of nitrogens with zero attached hydrogens (tertiary/aromatic N) is 1. The zero-order chi connectivity index (χ0) is 13.8. The molecule has 1 aromatic carbocycles. The number of hydrogen-bond acceptors (Lipinski definition) is 3. The van der Waals surface area contributed by atoms with E-state index in [-0.39, 0.29) is 35.7 Å². The molecule has 1 heterocycles. The monoisotopic (exact) mass is 259 g/mol. The highest BCUT2D eigenvalue weighted by Crippen LogP contribution is 2.63. The lowest BCUT2D eigenvalue weighted by molar-refractivity contribution is -0.125. The number of hydrogen-bond donors (Lipinski definition) is 1. The number of rotatable bonds is 3. The molecular formula is C15H17NO3. The third-order valence-electron chi connectivity index (χ3n) is 4.40. The van der Waals surface area contributed by atoms with Crippen LogP contribution in [0.3, 0.4) is 0 Å². The van der Waals surface area contributed by atoms with Gasteiger partial charge < -0.3 is 5.11 Å². The van der Waals surface area contributed by atoms with Crippen molar-refractivity contribution in [1.29, 1.82) is 0 Å². The molecule has 19 heavy (non-hydrogen) atoms. The summed E-state index contributed by atoms with van der Waals surface area (Å²) in [4.78, 5) is 25.8. The van der Waals surface area contributed by atoms with Gasteiger partial charge in [0.1, 0.15) is 0 Å². The molecule has 0 radical (unpaired) electrons. The minimum atomic E-state index is -0.165. The van der Waals surface area contributed by atoms with Crippen LogP contribution in [0.1, 0.15) is 19.4 Å². The Morgan fingerprint density at radius 3 is 2.11 bits per heavy atom. The van der Waals surface area contributed by atoms with Gasteiger partial charge in [-0.3, -0.25) is 14.5 Å². The van der Waals surface area contributed by atoms with E-state index in [1.54, 1.807) is 12.1 Å². The first-order valence-electron chi connectivity index (χ1n) is 6.56. The van der Waals surface area contributed by atoms with Crippen LogP contribution in [-0.2, 0) is 16.0 Å². The van der Waals surface area contributed by atoms with Crippen molar-refractivity contribution < 1.29 is 14.7 Å². The van der Waals surface area contributed by atoms with Crippen LogP contribution in [0.25, 0.3) is 0 Å². The van der Waals surface area contributed by atoms with E-state index < -0.39 is 0 Å². The van der Waals surface area contributed by atoms with Gasteiger partial charge in [0.05, 0.1) is 17.5 Å². The van der Waals surface area contributed by atoms with Crippen molar-refractivity contribution in [1.82, 2.24) is 0 Å². The highest BCUT2D eigenvalue weighted by atomic mass is 16.3. The zero-order valence-electron chi connectivity index (χ0n) is 11.1. The Balaban J connectivity index is 1.85. The van der Waals surface area contributed by atoms with Crippen LogP contribution in [0.15, 0.2) is 24.3 Å². The highest BCUT2D eigenvalue weighted by molar-refractivity contribution is 6.25. The van der Waals surface area contributed by atoms with Crippen LogP contribution in [0.4, 0.5) is 5.69 Å². The van der Waals surface area contributed by atoms with E-state index in [1.807, 2.05) is 26.0 Å². The van der Waals surface area contributed by atoms with E-state index in [0.29, 0.717) is 12.1 Å². The first-order chi connectivity index (χ1) is 8.98. The van der Waals surface area contributed by atoms with Crippen LogP contribution >= 0.6 is 0 Å². The van der Waals surface area contributed by atoms with Crippen LogP contribution in [0.5, 0.6) is 0 Å². The summed E-state index contributed by atoms with van der Waals surface area (Å²) in [5.74, 6) is -0.431. The van der Waals surface area contributed by atoms with Gasteiger partial charge >= 0.3 is 0 Å². The number of imide groups is 1. The summed E-state index contributed by atoms with van der Waals surface area (Å²) in [5, 5.41) is 8.86. The van der Waals surface area contributed by atoms with Crippen molar-refractivity contribution in [3.8, 4) is 0 Å². The number of carbonyl (C=O) groups is 2. The minimum Gasteiger partial charge on any atom is -0.396 e. The fourth-order valence-corrected chi connectivity index (χ4v) is 3.14. The quantitative estimate of drug-likeness (QED) is 0.834. The van der Waals surface area contributed by atoms with Crippen molar-refractivity contribution in [3.63, 3.8) is 0 Å². The molecule has 4 nitrogen and oxygen atoms in total. The molecule has 100 valence electrons. The topological polar surface area (TPSA) is 57.6 Å². The summed E-state index contributed by atoms with van der Waals surface area (Å²) < 4.78 is 0.